The van der Waals surface area contributed by atoms with E-state index in [9.17, 15) is 22.8 Å². The molecule has 0 aliphatic carbocycles. The predicted molar refractivity (Wildman–Crippen MR) is 94.1 cm³/mol. The van der Waals surface area contributed by atoms with E-state index in [4.69, 9.17) is 4.74 Å². The third-order valence-corrected chi connectivity index (χ3v) is 4.42. The van der Waals surface area contributed by atoms with Crippen molar-refractivity contribution in [3.05, 3.63) is 29.8 Å². The Morgan fingerprint density at radius 1 is 1.07 bits per heavy atom. The van der Waals surface area contributed by atoms with Crippen molar-refractivity contribution in [1.82, 2.24) is 10.2 Å². The van der Waals surface area contributed by atoms with Crippen LogP contribution < -0.4 is 10.6 Å². The lowest BCUT2D eigenvalue weighted by Gasteiger charge is -2.27. The number of alkyl halides is 3. The van der Waals surface area contributed by atoms with Crippen LogP contribution in [0.2, 0.25) is 0 Å². The molecule has 1 aromatic rings. The van der Waals surface area contributed by atoms with Crippen LogP contribution in [0.5, 0.6) is 0 Å². The first-order valence-electron chi connectivity index (χ1n) is 8.68. The number of rotatable bonds is 6. The number of nitrogens with one attached hydrogen (secondary N) is 2. The van der Waals surface area contributed by atoms with Crippen molar-refractivity contribution >= 4 is 17.5 Å². The second-order valence-electron chi connectivity index (χ2n) is 6.86. The first kappa shape index (κ1) is 21.2. The summed E-state index contributed by atoms with van der Waals surface area (Å²) in [6, 6.07) is 4.08. The maximum absolute atomic E-state index is 12.6. The number of halogens is 3. The van der Waals surface area contributed by atoms with Crippen LogP contribution >= 0.6 is 0 Å². The molecule has 1 saturated heterocycles. The number of nitrogens with zero attached hydrogens (tertiary/aromatic N) is 1. The number of carbonyl (C=O) groups excluding carboxylic acids is 2. The molecule has 2 amide bonds. The Hall–Kier alpha value is -2.13. The molecule has 0 unspecified atom stereocenters. The second-order valence-corrected chi connectivity index (χ2v) is 6.86. The Morgan fingerprint density at radius 3 is 2.22 bits per heavy atom. The minimum absolute atomic E-state index is 0.196. The number of carbonyl (C=O) groups is 2. The molecular weight excluding hydrogens is 363 g/mol. The molecule has 0 radical (unpaired) electrons. The van der Waals surface area contributed by atoms with Gasteiger partial charge in [0.1, 0.15) is 5.41 Å². The van der Waals surface area contributed by atoms with Crippen molar-refractivity contribution in [2.75, 3.05) is 44.7 Å². The molecule has 0 bridgehead atoms. The van der Waals surface area contributed by atoms with Gasteiger partial charge in [-0.1, -0.05) is 0 Å². The minimum Gasteiger partial charge on any atom is -0.379 e. The maximum Gasteiger partial charge on any atom is 0.416 e. The van der Waals surface area contributed by atoms with Crippen LogP contribution in [0.15, 0.2) is 24.3 Å². The third kappa shape index (κ3) is 5.93. The van der Waals surface area contributed by atoms with Crippen LogP contribution in [0.25, 0.3) is 0 Å². The highest BCUT2D eigenvalue weighted by Crippen LogP contribution is 2.30. The number of morpholine rings is 1. The van der Waals surface area contributed by atoms with Crippen molar-refractivity contribution < 1.29 is 27.5 Å². The van der Waals surface area contributed by atoms with E-state index in [0.717, 1.165) is 37.4 Å². The van der Waals surface area contributed by atoms with Crippen molar-refractivity contribution in [2.24, 2.45) is 5.41 Å². The Balaban J connectivity index is 1.86. The fraction of sp³-hybridized carbons (Fsp3) is 0.556. The molecule has 150 valence electrons. The molecule has 1 aliphatic rings. The van der Waals surface area contributed by atoms with E-state index < -0.39 is 29.0 Å². The van der Waals surface area contributed by atoms with Crippen molar-refractivity contribution in [3.63, 3.8) is 0 Å². The normalized spacial score (nSPS) is 16.0. The molecule has 1 heterocycles. The van der Waals surface area contributed by atoms with Gasteiger partial charge >= 0.3 is 6.18 Å². The highest BCUT2D eigenvalue weighted by atomic mass is 19.4. The van der Waals surface area contributed by atoms with Gasteiger partial charge in [-0.15, -0.1) is 0 Å². The molecule has 1 fully saturated rings. The number of hydrogen-bond acceptors (Lipinski definition) is 4. The lowest BCUT2D eigenvalue weighted by molar-refractivity contribution is -0.139. The molecule has 2 rings (SSSR count). The second kappa shape index (κ2) is 8.71. The van der Waals surface area contributed by atoms with E-state index in [-0.39, 0.29) is 5.69 Å². The van der Waals surface area contributed by atoms with Crippen molar-refractivity contribution in [2.45, 2.75) is 20.0 Å². The first-order valence-corrected chi connectivity index (χ1v) is 8.68. The Morgan fingerprint density at radius 2 is 1.67 bits per heavy atom. The largest absolute Gasteiger partial charge is 0.416 e. The molecular formula is C18H24F3N3O3. The van der Waals surface area contributed by atoms with Crippen molar-refractivity contribution in [3.8, 4) is 0 Å². The number of benzene rings is 1. The molecule has 2 N–H and O–H groups in total. The average Bonchev–Trinajstić information content (AvgIpc) is 2.62. The summed E-state index contributed by atoms with van der Waals surface area (Å²) < 4.78 is 43.0. The highest BCUT2D eigenvalue weighted by Gasteiger charge is 2.36. The summed E-state index contributed by atoms with van der Waals surface area (Å²) in [5.41, 5.74) is -1.98. The van der Waals surface area contributed by atoms with Gasteiger partial charge in [0.25, 0.3) is 0 Å². The van der Waals surface area contributed by atoms with E-state index in [0.29, 0.717) is 26.3 Å². The SMILES string of the molecule is CC(C)(C(=O)NCCN1CCOCC1)C(=O)Nc1ccc(C(F)(F)F)cc1. The molecule has 0 saturated carbocycles. The van der Waals surface area contributed by atoms with Crippen LogP contribution in [0.1, 0.15) is 19.4 Å². The van der Waals surface area contributed by atoms with Crippen LogP contribution in [-0.4, -0.2) is 56.1 Å². The minimum atomic E-state index is -4.44. The van der Waals surface area contributed by atoms with Gasteiger partial charge in [-0.2, -0.15) is 13.2 Å². The molecule has 0 spiro atoms. The van der Waals surface area contributed by atoms with Gasteiger partial charge in [0.2, 0.25) is 11.8 Å². The number of ether oxygens (including phenoxy) is 1. The van der Waals surface area contributed by atoms with Crippen LogP contribution in [0.3, 0.4) is 0 Å². The summed E-state index contributed by atoms with van der Waals surface area (Å²) in [7, 11) is 0. The monoisotopic (exact) mass is 387 g/mol. The molecule has 1 aromatic carbocycles. The van der Waals surface area contributed by atoms with E-state index in [1.54, 1.807) is 0 Å². The molecule has 0 aromatic heterocycles. The molecule has 27 heavy (non-hydrogen) atoms. The lowest BCUT2D eigenvalue weighted by Crippen LogP contribution is -2.48. The van der Waals surface area contributed by atoms with Crippen LogP contribution in [0, 0.1) is 5.41 Å². The van der Waals surface area contributed by atoms with Gasteiger partial charge in [-0.05, 0) is 38.1 Å². The van der Waals surface area contributed by atoms with Crippen molar-refractivity contribution in [1.29, 1.82) is 0 Å². The number of anilines is 1. The Labute approximate surface area is 156 Å². The summed E-state index contributed by atoms with van der Waals surface area (Å²) in [6.45, 7) is 6.92. The summed E-state index contributed by atoms with van der Waals surface area (Å²) in [4.78, 5) is 26.9. The van der Waals surface area contributed by atoms with Crippen LogP contribution in [-0.2, 0) is 20.5 Å². The van der Waals surface area contributed by atoms with Gasteiger partial charge in [0.05, 0.1) is 18.8 Å². The van der Waals surface area contributed by atoms with E-state index in [1.807, 2.05) is 0 Å². The average molecular weight is 387 g/mol. The molecule has 9 heteroatoms. The molecule has 0 atom stereocenters. The van der Waals surface area contributed by atoms with Gasteiger partial charge in [0, 0.05) is 31.9 Å². The number of amides is 2. The molecule has 1 aliphatic heterocycles. The van der Waals surface area contributed by atoms with Gasteiger partial charge in [0.15, 0.2) is 0 Å². The van der Waals surface area contributed by atoms with Crippen LogP contribution in [0.4, 0.5) is 18.9 Å². The fourth-order valence-electron chi connectivity index (χ4n) is 2.51. The quantitative estimate of drug-likeness (QED) is 0.734. The van der Waals surface area contributed by atoms with E-state index in [2.05, 4.69) is 15.5 Å². The Bertz CT molecular complexity index is 654. The summed E-state index contributed by atoms with van der Waals surface area (Å²) in [5, 5.41) is 5.22. The number of hydrogen-bond donors (Lipinski definition) is 2. The standard InChI is InChI=1S/C18H24F3N3O3/c1-17(2,15(25)22-7-8-24-9-11-27-12-10-24)16(26)23-14-5-3-13(4-6-14)18(19,20)21/h3-6H,7-12H2,1-2H3,(H,22,25)(H,23,26). The zero-order valence-corrected chi connectivity index (χ0v) is 15.4. The van der Waals surface area contributed by atoms with Gasteiger partial charge in [-0.25, -0.2) is 0 Å². The summed E-state index contributed by atoms with van der Waals surface area (Å²) in [6.07, 6.45) is -4.44. The lowest BCUT2D eigenvalue weighted by atomic mass is 9.91. The zero-order valence-electron chi connectivity index (χ0n) is 15.4. The topological polar surface area (TPSA) is 70.7 Å². The maximum atomic E-state index is 12.6. The van der Waals surface area contributed by atoms with E-state index in [1.165, 1.54) is 13.8 Å². The van der Waals surface area contributed by atoms with Gasteiger partial charge in [-0.3, -0.25) is 14.5 Å². The highest BCUT2D eigenvalue weighted by molar-refractivity contribution is 6.09. The first-order chi connectivity index (χ1) is 12.6. The fourth-order valence-corrected chi connectivity index (χ4v) is 2.51. The smallest absolute Gasteiger partial charge is 0.379 e. The van der Waals surface area contributed by atoms with E-state index >= 15 is 0 Å². The summed E-state index contributed by atoms with van der Waals surface area (Å²) >= 11 is 0. The molecule has 6 nitrogen and oxygen atoms in total. The zero-order chi connectivity index (χ0) is 20.1. The third-order valence-electron chi connectivity index (χ3n) is 4.42. The van der Waals surface area contributed by atoms with Gasteiger partial charge < -0.3 is 15.4 Å². The summed E-state index contributed by atoms with van der Waals surface area (Å²) in [5.74, 6) is -1.04. The Kier molecular flexibility index (Phi) is 6.83. The predicted octanol–water partition coefficient (Wildman–Crippen LogP) is 2.12.